The van der Waals surface area contributed by atoms with Crippen LogP contribution in [0.4, 0.5) is 0 Å². The highest BCUT2D eigenvalue weighted by Crippen LogP contribution is 2.61. The van der Waals surface area contributed by atoms with E-state index >= 15 is 0 Å². The Balaban J connectivity index is 3.24. The van der Waals surface area contributed by atoms with Crippen LogP contribution < -0.4 is 5.48 Å². The second-order valence-corrected chi connectivity index (χ2v) is 14.2. The lowest BCUT2D eigenvalue weighted by Crippen LogP contribution is -2.53. The van der Waals surface area contributed by atoms with Crippen LogP contribution in [0.3, 0.4) is 0 Å². The van der Waals surface area contributed by atoms with Crippen LogP contribution in [0.25, 0.3) is 0 Å². The molecule has 1 rings (SSSR count). The Bertz CT molecular complexity index is 799. The lowest BCUT2D eigenvalue weighted by Gasteiger charge is -2.48. The van der Waals surface area contributed by atoms with Crippen molar-refractivity contribution < 1.29 is 23.3 Å². The number of rotatable bonds is 12. The molecule has 0 saturated carbocycles. The molecule has 0 radical (unpaired) electrons. The van der Waals surface area contributed by atoms with E-state index in [9.17, 15) is 4.57 Å². The van der Waals surface area contributed by atoms with Gasteiger partial charge in [-0.05, 0) is 85.8 Å². The fourth-order valence-electron chi connectivity index (χ4n) is 3.68. The van der Waals surface area contributed by atoms with Gasteiger partial charge in [0.1, 0.15) is 18.0 Å². The third kappa shape index (κ3) is 9.88. The summed E-state index contributed by atoms with van der Waals surface area (Å²) >= 11 is 0. The largest absolute Gasteiger partial charge is 0.350 e. The van der Waals surface area contributed by atoms with E-state index in [2.05, 4.69) is 50.5 Å². The average molecular weight is 515 g/mol. The van der Waals surface area contributed by atoms with Gasteiger partial charge in [0.15, 0.2) is 0 Å². The van der Waals surface area contributed by atoms with Gasteiger partial charge >= 0.3 is 7.60 Å². The van der Waals surface area contributed by atoms with Crippen LogP contribution in [-0.2, 0) is 23.3 Å². The van der Waals surface area contributed by atoms with Crippen molar-refractivity contribution in [1.82, 2.24) is 10.5 Å². The molecule has 0 amide bonds. The van der Waals surface area contributed by atoms with E-state index in [1.165, 1.54) is 0 Å². The van der Waals surface area contributed by atoms with Crippen LogP contribution in [0, 0.1) is 5.41 Å². The van der Waals surface area contributed by atoms with Gasteiger partial charge in [-0.15, -0.1) is 0 Å². The molecule has 1 N–H and O–H groups in total. The van der Waals surface area contributed by atoms with Crippen molar-refractivity contribution in [3.63, 3.8) is 0 Å². The number of hydroxylamine groups is 3. The Morgan fingerprint density at radius 1 is 0.829 bits per heavy atom. The fraction of sp³-hybridized carbons (Fsp3) is 0.778. The smallest absolute Gasteiger partial charge is 0.308 e. The monoisotopic (exact) mass is 514 g/mol. The molecule has 204 valence electrons. The van der Waals surface area contributed by atoms with Gasteiger partial charge in [0.05, 0.1) is 13.2 Å². The van der Waals surface area contributed by atoms with Crippen LogP contribution in [0.1, 0.15) is 113 Å². The van der Waals surface area contributed by atoms with Crippen LogP contribution in [-0.4, -0.2) is 35.1 Å². The fourth-order valence-corrected chi connectivity index (χ4v) is 6.36. The van der Waals surface area contributed by atoms with E-state index in [4.69, 9.17) is 18.7 Å². The average Bonchev–Trinajstić information content (AvgIpc) is 2.69. The molecular formula is C27H51N2O5P. The first-order valence-corrected chi connectivity index (χ1v) is 14.3. The summed E-state index contributed by atoms with van der Waals surface area (Å²) in [7, 11) is -3.52. The Labute approximate surface area is 214 Å². The second kappa shape index (κ2) is 12.6. The predicted molar refractivity (Wildman–Crippen MR) is 144 cm³/mol. The number of hydrogen-bond donors (Lipinski definition) is 1. The summed E-state index contributed by atoms with van der Waals surface area (Å²) in [5.74, 6) is -0.603. The van der Waals surface area contributed by atoms with E-state index in [1.807, 2.05) is 74.3 Å². The third-order valence-corrected chi connectivity index (χ3v) is 8.08. The first-order valence-electron chi connectivity index (χ1n) is 12.7. The van der Waals surface area contributed by atoms with Crippen molar-refractivity contribution in [3.05, 3.63) is 35.4 Å². The summed E-state index contributed by atoms with van der Waals surface area (Å²) in [6.07, 6.45) is -0.382. The minimum atomic E-state index is -3.52. The number of benzene rings is 1. The zero-order valence-corrected chi connectivity index (χ0v) is 25.3. The zero-order chi connectivity index (χ0) is 27.2. The Kier molecular flexibility index (Phi) is 11.6. The predicted octanol–water partition coefficient (Wildman–Crippen LogP) is 7.80. The maximum Gasteiger partial charge on any atom is 0.350 e. The molecule has 35 heavy (non-hydrogen) atoms. The summed E-state index contributed by atoms with van der Waals surface area (Å²) in [4.78, 5) is 12.4. The maximum absolute atomic E-state index is 14.0. The minimum Gasteiger partial charge on any atom is -0.308 e. The summed E-state index contributed by atoms with van der Waals surface area (Å²) in [5.41, 5.74) is 4.13. The van der Waals surface area contributed by atoms with Gasteiger partial charge in [-0.2, -0.15) is 10.5 Å². The van der Waals surface area contributed by atoms with Gasteiger partial charge in [0.2, 0.25) is 0 Å². The molecule has 8 heteroatoms. The summed E-state index contributed by atoms with van der Waals surface area (Å²) in [5, 5.41) is 1.83. The molecule has 0 spiro atoms. The third-order valence-electron chi connectivity index (χ3n) is 5.26. The quantitative estimate of drug-likeness (QED) is 0.225. The van der Waals surface area contributed by atoms with Crippen LogP contribution in [0.5, 0.6) is 0 Å². The van der Waals surface area contributed by atoms with Crippen molar-refractivity contribution >= 4 is 7.60 Å². The topological polar surface area (TPSA) is 69.3 Å². The standard InChI is InChI=1S/C27H51N2O5P/c1-14-31-35(30,32-15-2)24(25(5,6)7)29(27(11,12)13)34-21(4)23-18-16-22(17-19-23)20(3)33-28-26(8,9)10/h16-21,24,28H,14-15H2,1-13H3. The van der Waals surface area contributed by atoms with Crippen molar-refractivity contribution in [2.75, 3.05) is 13.2 Å². The minimum absolute atomic E-state index is 0.0980. The Morgan fingerprint density at radius 2 is 1.26 bits per heavy atom. The molecule has 0 aliphatic carbocycles. The highest BCUT2D eigenvalue weighted by atomic mass is 31.2. The highest BCUT2D eigenvalue weighted by Gasteiger charge is 2.51. The summed E-state index contributed by atoms with van der Waals surface area (Å²) in [6.45, 7) is 26.7. The Morgan fingerprint density at radius 3 is 1.60 bits per heavy atom. The molecule has 0 fully saturated rings. The van der Waals surface area contributed by atoms with Crippen LogP contribution in [0.15, 0.2) is 24.3 Å². The van der Waals surface area contributed by atoms with Crippen LogP contribution in [0.2, 0.25) is 0 Å². The SMILES string of the molecule is CCOP(=O)(OCC)C(N(OC(C)c1ccc(C(C)ONC(C)(C)C)cc1)C(C)(C)C)C(C)(C)C. The van der Waals surface area contributed by atoms with Gasteiger partial charge in [0.25, 0.3) is 0 Å². The number of nitrogens with zero attached hydrogens (tertiary/aromatic N) is 1. The maximum atomic E-state index is 14.0. The zero-order valence-electron chi connectivity index (χ0n) is 24.4. The van der Waals surface area contributed by atoms with E-state index in [0.29, 0.717) is 13.2 Å². The van der Waals surface area contributed by atoms with Gasteiger partial charge in [-0.1, -0.05) is 45.0 Å². The normalized spacial score (nSPS) is 16.4. The molecule has 0 aliphatic rings. The van der Waals surface area contributed by atoms with Gasteiger partial charge in [-0.3, -0.25) is 14.2 Å². The number of nitrogens with one attached hydrogen (secondary N) is 1. The summed E-state index contributed by atoms with van der Waals surface area (Å²) in [6, 6.07) is 8.21. The van der Waals surface area contributed by atoms with Gasteiger partial charge < -0.3 is 9.05 Å². The lowest BCUT2D eigenvalue weighted by atomic mass is 9.94. The number of hydrogen-bond acceptors (Lipinski definition) is 7. The lowest BCUT2D eigenvalue weighted by molar-refractivity contribution is -0.264. The molecular weight excluding hydrogens is 463 g/mol. The molecule has 3 atom stereocenters. The second-order valence-electron chi connectivity index (χ2n) is 12.1. The van der Waals surface area contributed by atoms with E-state index in [0.717, 1.165) is 11.1 Å². The van der Waals surface area contributed by atoms with Gasteiger partial charge in [0, 0.05) is 11.1 Å². The van der Waals surface area contributed by atoms with Crippen molar-refractivity contribution in [1.29, 1.82) is 0 Å². The molecule has 3 unspecified atom stereocenters. The first-order chi connectivity index (χ1) is 15.9. The molecule has 7 nitrogen and oxygen atoms in total. The molecule has 1 aromatic rings. The highest BCUT2D eigenvalue weighted by molar-refractivity contribution is 7.54. The first kappa shape index (κ1) is 32.2. The molecule has 0 aliphatic heterocycles. The Hall–Kier alpha value is -0.790. The van der Waals surface area contributed by atoms with Crippen LogP contribution >= 0.6 is 7.60 Å². The van der Waals surface area contributed by atoms with E-state index in [-0.39, 0.29) is 17.7 Å². The van der Waals surface area contributed by atoms with Crippen molar-refractivity contribution in [3.8, 4) is 0 Å². The molecule has 1 aromatic carbocycles. The van der Waals surface area contributed by atoms with Crippen molar-refractivity contribution in [2.45, 2.75) is 119 Å². The molecule has 0 aromatic heterocycles. The molecule has 0 bridgehead atoms. The van der Waals surface area contributed by atoms with Gasteiger partial charge in [-0.25, -0.2) is 0 Å². The summed E-state index contributed by atoms with van der Waals surface area (Å²) < 4.78 is 25.6. The van der Waals surface area contributed by atoms with Crippen molar-refractivity contribution in [2.24, 2.45) is 5.41 Å². The molecule has 0 heterocycles. The molecule has 0 saturated heterocycles. The van der Waals surface area contributed by atoms with E-state index < -0.39 is 24.3 Å². The van der Waals surface area contributed by atoms with E-state index in [1.54, 1.807) is 0 Å².